The van der Waals surface area contributed by atoms with Crippen molar-refractivity contribution in [3.63, 3.8) is 0 Å². The van der Waals surface area contributed by atoms with Crippen LogP contribution in [0.1, 0.15) is 304 Å². The standard InChI is InChI=1S/3C16H33O.C3H7O.Ti/c3*1-2-3-4-5-6-7-8-9-10-11-12-13-14-15-16-17;1-3(2)4;/h3*2-16H2,1H3;3H,1-2H3;/q4*-1;+4. The van der Waals surface area contributed by atoms with E-state index in [1.807, 2.05) is 0 Å². The van der Waals surface area contributed by atoms with Crippen LogP contribution in [0.2, 0.25) is 0 Å². The predicted molar refractivity (Wildman–Crippen MR) is 241 cm³/mol. The minimum atomic E-state index is -0.417. The van der Waals surface area contributed by atoms with Crippen LogP contribution in [0.3, 0.4) is 0 Å². The Hall–Kier alpha value is 0.554. The summed E-state index contributed by atoms with van der Waals surface area (Å²) in [5.74, 6) is 0. The molecule has 0 aromatic heterocycles. The second-order valence-corrected chi connectivity index (χ2v) is 16.9. The van der Waals surface area contributed by atoms with Crippen LogP contribution in [-0.2, 0) is 21.7 Å². The molecular weight excluding hydrogens is 724 g/mol. The Morgan fingerprint density at radius 1 is 0.232 bits per heavy atom. The third kappa shape index (κ3) is 86.4. The van der Waals surface area contributed by atoms with E-state index < -0.39 is 6.10 Å². The van der Waals surface area contributed by atoms with E-state index >= 15 is 0 Å². The molecule has 0 atom stereocenters. The number of unbranched alkanes of at least 4 members (excludes halogenated alkanes) is 39. The van der Waals surface area contributed by atoms with E-state index in [9.17, 15) is 20.4 Å². The second-order valence-electron chi connectivity index (χ2n) is 16.9. The van der Waals surface area contributed by atoms with Crippen molar-refractivity contribution < 1.29 is 42.1 Å². The predicted octanol–water partition coefficient (Wildman–Crippen LogP) is 14.2. The van der Waals surface area contributed by atoms with E-state index in [1.54, 1.807) is 13.8 Å². The van der Waals surface area contributed by atoms with Gasteiger partial charge in [-0.15, -0.1) is 25.9 Å². The van der Waals surface area contributed by atoms with Gasteiger partial charge in [0.05, 0.1) is 0 Å². The molecule has 0 unspecified atom stereocenters. The first-order valence-electron chi connectivity index (χ1n) is 25.4. The van der Waals surface area contributed by atoms with E-state index in [1.165, 1.54) is 231 Å². The molecule has 0 spiro atoms. The molecule has 0 saturated heterocycles. The molecular formula is C51H106O4Ti. The van der Waals surface area contributed by atoms with Crippen molar-refractivity contribution in [1.82, 2.24) is 0 Å². The number of hydrogen-bond donors (Lipinski definition) is 0. The summed E-state index contributed by atoms with van der Waals surface area (Å²) in [5.41, 5.74) is 0. The van der Waals surface area contributed by atoms with Crippen molar-refractivity contribution in [3.8, 4) is 0 Å². The zero-order chi connectivity index (χ0) is 41.4. The Bertz CT molecular complexity index is 446. The van der Waals surface area contributed by atoms with Gasteiger partial charge in [0, 0.05) is 0 Å². The molecule has 0 heterocycles. The van der Waals surface area contributed by atoms with Crippen LogP contribution in [-0.4, -0.2) is 25.9 Å². The maximum atomic E-state index is 10.2. The van der Waals surface area contributed by atoms with Crippen LogP contribution in [0, 0.1) is 0 Å². The van der Waals surface area contributed by atoms with Gasteiger partial charge in [-0.1, -0.05) is 304 Å². The summed E-state index contributed by atoms with van der Waals surface area (Å²) >= 11 is 0. The third-order valence-electron chi connectivity index (χ3n) is 10.5. The van der Waals surface area contributed by atoms with Gasteiger partial charge in [-0.25, -0.2) is 0 Å². The normalized spacial score (nSPS) is 10.6. The fourth-order valence-corrected chi connectivity index (χ4v) is 6.89. The minimum absolute atomic E-state index is 0. The van der Waals surface area contributed by atoms with Gasteiger partial charge in [0.2, 0.25) is 0 Å². The average Bonchev–Trinajstić information content (AvgIpc) is 3.17. The van der Waals surface area contributed by atoms with Gasteiger partial charge >= 0.3 is 21.7 Å². The summed E-state index contributed by atoms with van der Waals surface area (Å²) < 4.78 is 0. The van der Waals surface area contributed by atoms with Crippen molar-refractivity contribution >= 4 is 0 Å². The molecule has 0 N–H and O–H groups in total. The fourth-order valence-electron chi connectivity index (χ4n) is 6.89. The third-order valence-corrected chi connectivity index (χ3v) is 10.5. The second kappa shape index (κ2) is 70.1. The maximum Gasteiger partial charge on any atom is 4.00 e. The Balaban J connectivity index is -0.000000219. The van der Waals surface area contributed by atoms with E-state index in [0.29, 0.717) is 0 Å². The van der Waals surface area contributed by atoms with Gasteiger partial charge in [0.1, 0.15) is 0 Å². The van der Waals surface area contributed by atoms with Crippen LogP contribution >= 0.6 is 0 Å². The summed E-state index contributed by atoms with van der Waals surface area (Å²) in [7, 11) is 0. The summed E-state index contributed by atoms with van der Waals surface area (Å²) in [6.07, 6.45) is 56.2. The molecule has 0 aromatic carbocycles. The summed E-state index contributed by atoms with van der Waals surface area (Å²) in [6, 6.07) is 0. The van der Waals surface area contributed by atoms with E-state index in [4.69, 9.17) is 0 Å². The SMILES string of the molecule is CC(C)[O-].CCCCCCCCCCCCCCCC[O-].CCCCCCCCCCCCCCCC[O-].CCCCCCCCCCCCCCCC[O-].[Ti+4]. The minimum Gasteiger partial charge on any atom is -0.854 e. The van der Waals surface area contributed by atoms with Gasteiger partial charge in [-0.3, -0.25) is 0 Å². The molecule has 0 bridgehead atoms. The monoisotopic (exact) mass is 831 g/mol. The van der Waals surface area contributed by atoms with Crippen LogP contribution in [0.4, 0.5) is 0 Å². The van der Waals surface area contributed by atoms with Crippen LogP contribution in [0.15, 0.2) is 0 Å². The summed E-state index contributed by atoms with van der Waals surface area (Å²) in [4.78, 5) is 0. The first-order chi connectivity index (χ1) is 27.0. The molecule has 338 valence electrons. The molecule has 0 aromatic rings. The van der Waals surface area contributed by atoms with Gasteiger partial charge in [0.15, 0.2) is 0 Å². The molecule has 0 aliphatic rings. The van der Waals surface area contributed by atoms with Crippen LogP contribution < -0.4 is 20.4 Å². The largest absolute Gasteiger partial charge is 4.00 e. The van der Waals surface area contributed by atoms with Gasteiger partial charge < -0.3 is 20.4 Å². The maximum absolute atomic E-state index is 10.2. The van der Waals surface area contributed by atoms with Crippen molar-refractivity contribution in [1.29, 1.82) is 0 Å². The van der Waals surface area contributed by atoms with Crippen LogP contribution in [0.25, 0.3) is 0 Å². The Kier molecular flexibility index (Phi) is 82.2. The fraction of sp³-hybridized carbons (Fsp3) is 1.00. The van der Waals surface area contributed by atoms with E-state index in [0.717, 1.165) is 38.5 Å². The first-order valence-corrected chi connectivity index (χ1v) is 25.4. The van der Waals surface area contributed by atoms with Gasteiger partial charge in [-0.05, 0) is 0 Å². The molecule has 0 saturated carbocycles. The van der Waals surface area contributed by atoms with E-state index in [-0.39, 0.29) is 41.5 Å². The molecule has 4 nitrogen and oxygen atoms in total. The zero-order valence-electron chi connectivity index (χ0n) is 39.5. The zero-order valence-corrected chi connectivity index (χ0v) is 41.1. The number of hydrogen-bond acceptors (Lipinski definition) is 4. The Morgan fingerprint density at radius 3 is 0.411 bits per heavy atom. The molecule has 0 radical (unpaired) electrons. The molecule has 0 rings (SSSR count). The topological polar surface area (TPSA) is 92.2 Å². The Labute approximate surface area is 370 Å². The molecule has 0 aliphatic heterocycles. The molecule has 5 heteroatoms. The summed E-state index contributed by atoms with van der Waals surface area (Å²) in [5, 5.41) is 40.2. The Morgan fingerprint density at radius 2 is 0.321 bits per heavy atom. The van der Waals surface area contributed by atoms with Gasteiger partial charge in [-0.2, -0.15) is 0 Å². The van der Waals surface area contributed by atoms with Crippen molar-refractivity contribution in [2.24, 2.45) is 0 Å². The average molecular weight is 831 g/mol. The molecule has 56 heavy (non-hydrogen) atoms. The quantitative estimate of drug-likeness (QED) is 0.0452. The summed E-state index contributed by atoms with van der Waals surface area (Å²) in [6.45, 7) is 10.4. The van der Waals surface area contributed by atoms with Crippen molar-refractivity contribution in [2.75, 3.05) is 19.8 Å². The first kappa shape index (κ1) is 65.7. The van der Waals surface area contributed by atoms with Crippen molar-refractivity contribution in [3.05, 3.63) is 0 Å². The van der Waals surface area contributed by atoms with Crippen molar-refractivity contribution in [2.45, 2.75) is 310 Å². The molecule has 0 fully saturated rings. The van der Waals surface area contributed by atoms with E-state index in [2.05, 4.69) is 20.8 Å². The number of rotatable bonds is 42. The smallest absolute Gasteiger partial charge is 0.854 e. The van der Waals surface area contributed by atoms with Crippen LogP contribution in [0.5, 0.6) is 0 Å². The molecule has 0 aliphatic carbocycles. The molecule has 0 amide bonds. The van der Waals surface area contributed by atoms with Gasteiger partial charge in [0.25, 0.3) is 0 Å².